The van der Waals surface area contributed by atoms with E-state index in [0.717, 1.165) is 11.6 Å². The van der Waals surface area contributed by atoms with Crippen LogP contribution in [-0.2, 0) is 30.4 Å². The molecule has 0 bridgehead atoms. The molecule has 0 radical (unpaired) electrons. The normalized spacial score (nSPS) is 15.9. The van der Waals surface area contributed by atoms with Gasteiger partial charge in [0, 0.05) is 16.6 Å². The Kier molecular flexibility index (Phi) is 6.17. The van der Waals surface area contributed by atoms with Crippen molar-refractivity contribution in [3.63, 3.8) is 0 Å². The molecule has 0 spiro atoms. The molecule has 33 heavy (non-hydrogen) atoms. The van der Waals surface area contributed by atoms with Gasteiger partial charge in [0.25, 0.3) is 0 Å². The summed E-state index contributed by atoms with van der Waals surface area (Å²) in [4.78, 5) is 25.9. The Morgan fingerprint density at radius 2 is 1.73 bits per heavy atom. The van der Waals surface area contributed by atoms with Gasteiger partial charge >= 0.3 is 12.1 Å². The average molecular weight is 474 g/mol. The molecule has 0 aliphatic carbocycles. The van der Waals surface area contributed by atoms with Crippen LogP contribution >= 0.6 is 11.6 Å². The molecular weight excluding hydrogens is 455 g/mol. The van der Waals surface area contributed by atoms with Crippen LogP contribution in [0.15, 0.2) is 66.7 Å². The summed E-state index contributed by atoms with van der Waals surface area (Å²) in [6, 6.07) is 16.5. The summed E-state index contributed by atoms with van der Waals surface area (Å²) >= 11 is 6.40. The Hall–Kier alpha value is -3.32. The molecule has 1 unspecified atom stereocenters. The number of carbonyl (C=O) groups excluding carboxylic acids is 1. The van der Waals surface area contributed by atoms with Crippen molar-refractivity contribution in [3.05, 3.63) is 99.6 Å². The number of benzene rings is 3. The van der Waals surface area contributed by atoms with Gasteiger partial charge in [-0.1, -0.05) is 48.0 Å². The Morgan fingerprint density at radius 3 is 2.39 bits per heavy atom. The van der Waals surface area contributed by atoms with Gasteiger partial charge < -0.3 is 10.0 Å². The Morgan fingerprint density at radius 1 is 1.03 bits per heavy atom. The number of aromatic carboxylic acids is 1. The van der Waals surface area contributed by atoms with E-state index in [9.17, 15) is 22.8 Å². The third-order valence-corrected chi connectivity index (χ3v) is 6.14. The minimum atomic E-state index is -4.54. The SMILES string of the molecule is O=C(O)c1ccc(CC2Cc3c(Cl)cccc3N(Cc3ccccc3C(F)(F)F)C2=O)cc1. The number of alkyl halides is 3. The zero-order valence-corrected chi connectivity index (χ0v) is 18.0. The lowest BCUT2D eigenvalue weighted by Crippen LogP contribution is -2.42. The van der Waals surface area contributed by atoms with E-state index in [2.05, 4.69) is 0 Å². The number of carboxylic acid groups (broad SMARTS) is 1. The Bertz CT molecular complexity index is 1210. The molecule has 4 nitrogen and oxygen atoms in total. The molecule has 1 amide bonds. The van der Waals surface area contributed by atoms with Gasteiger partial charge in [0.1, 0.15) is 0 Å². The maximum Gasteiger partial charge on any atom is 0.416 e. The number of carboxylic acids is 1. The second-order valence-electron chi connectivity index (χ2n) is 7.92. The molecule has 1 N–H and O–H groups in total. The number of fused-ring (bicyclic) bond motifs is 1. The van der Waals surface area contributed by atoms with E-state index in [4.69, 9.17) is 16.7 Å². The fourth-order valence-corrected chi connectivity index (χ4v) is 4.42. The number of halogens is 4. The maximum absolute atomic E-state index is 13.5. The van der Waals surface area contributed by atoms with Crippen LogP contribution < -0.4 is 4.90 Å². The predicted molar refractivity (Wildman–Crippen MR) is 118 cm³/mol. The largest absolute Gasteiger partial charge is 0.478 e. The van der Waals surface area contributed by atoms with E-state index in [-0.39, 0.29) is 23.6 Å². The number of hydrogen-bond acceptors (Lipinski definition) is 2. The molecule has 8 heteroatoms. The van der Waals surface area contributed by atoms with E-state index in [1.807, 2.05) is 0 Å². The molecule has 3 aromatic carbocycles. The van der Waals surface area contributed by atoms with Gasteiger partial charge in [0.2, 0.25) is 5.91 Å². The van der Waals surface area contributed by atoms with Gasteiger partial charge in [-0.25, -0.2) is 4.79 Å². The van der Waals surface area contributed by atoms with E-state index in [1.165, 1.54) is 35.2 Å². The first-order valence-electron chi connectivity index (χ1n) is 10.2. The third-order valence-electron chi connectivity index (χ3n) is 5.78. The summed E-state index contributed by atoms with van der Waals surface area (Å²) in [5.41, 5.74) is 1.30. The fourth-order valence-electron chi connectivity index (χ4n) is 4.17. The number of anilines is 1. The summed E-state index contributed by atoms with van der Waals surface area (Å²) in [5.74, 6) is -1.90. The van der Waals surface area contributed by atoms with Crippen molar-refractivity contribution in [2.24, 2.45) is 5.92 Å². The molecule has 1 heterocycles. The standard InChI is InChI=1S/C25H19ClF3NO3/c26-21-6-3-7-22-19(21)13-18(12-15-8-10-16(11-9-15)24(32)33)23(31)30(22)14-17-4-1-2-5-20(17)25(27,28)29/h1-11,18H,12-14H2,(H,32,33). The molecular formula is C25H19ClF3NO3. The lowest BCUT2D eigenvalue weighted by molar-refractivity contribution is -0.138. The number of rotatable bonds is 5. The van der Waals surface area contributed by atoms with E-state index in [1.54, 1.807) is 30.3 Å². The molecule has 4 rings (SSSR count). The van der Waals surface area contributed by atoms with Crippen LogP contribution in [0.3, 0.4) is 0 Å². The van der Waals surface area contributed by atoms with Crippen LogP contribution in [0.1, 0.15) is 32.6 Å². The quantitative estimate of drug-likeness (QED) is 0.494. The zero-order valence-electron chi connectivity index (χ0n) is 17.3. The Balaban J connectivity index is 1.69. The molecule has 1 aliphatic rings. The lowest BCUT2D eigenvalue weighted by atomic mass is 9.86. The summed E-state index contributed by atoms with van der Waals surface area (Å²) < 4.78 is 40.6. The lowest BCUT2D eigenvalue weighted by Gasteiger charge is -2.35. The highest BCUT2D eigenvalue weighted by Crippen LogP contribution is 2.39. The monoisotopic (exact) mass is 473 g/mol. The van der Waals surface area contributed by atoms with Crippen molar-refractivity contribution in [3.8, 4) is 0 Å². The molecule has 0 saturated heterocycles. The first-order chi connectivity index (χ1) is 15.6. The van der Waals surface area contributed by atoms with Crippen molar-refractivity contribution >= 4 is 29.2 Å². The average Bonchev–Trinajstić information content (AvgIpc) is 2.77. The molecule has 3 aromatic rings. The minimum Gasteiger partial charge on any atom is -0.478 e. The van der Waals surface area contributed by atoms with E-state index in [0.29, 0.717) is 29.1 Å². The van der Waals surface area contributed by atoms with Gasteiger partial charge in [-0.3, -0.25) is 4.79 Å². The fraction of sp³-hybridized carbons (Fsp3) is 0.200. The topological polar surface area (TPSA) is 57.6 Å². The predicted octanol–water partition coefficient (Wildman–Crippen LogP) is 6.01. The van der Waals surface area contributed by atoms with Gasteiger partial charge in [0.05, 0.1) is 17.7 Å². The number of nitrogens with zero attached hydrogens (tertiary/aromatic N) is 1. The van der Waals surface area contributed by atoms with Gasteiger partial charge in [-0.15, -0.1) is 0 Å². The zero-order chi connectivity index (χ0) is 23.8. The van der Waals surface area contributed by atoms with Crippen molar-refractivity contribution in [1.82, 2.24) is 0 Å². The van der Waals surface area contributed by atoms with Crippen molar-refractivity contribution in [2.45, 2.75) is 25.6 Å². The van der Waals surface area contributed by atoms with Crippen LogP contribution in [0.5, 0.6) is 0 Å². The van der Waals surface area contributed by atoms with Crippen molar-refractivity contribution in [2.75, 3.05) is 4.90 Å². The molecule has 1 aliphatic heterocycles. The molecule has 1 atom stereocenters. The van der Waals surface area contributed by atoms with Crippen LogP contribution in [0.25, 0.3) is 0 Å². The highest BCUT2D eigenvalue weighted by atomic mass is 35.5. The second kappa shape index (κ2) is 8.90. The van der Waals surface area contributed by atoms with Crippen molar-refractivity contribution in [1.29, 1.82) is 0 Å². The summed E-state index contributed by atoms with van der Waals surface area (Å²) in [6.45, 7) is -0.240. The first kappa shape index (κ1) is 22.9. The Labute approximate surface area is 193 Å². The van der Waals surface area contributed by atoms with Gasteiger partial charge in [-0.05, 0) is 59.9 Å². The molecule has 0 saturated carbocycles. The third kappa shape index (κ3) is 4.73. The minimum absolute atomic E-state index is 0.00395. The van der Waals surface area contributed by atoms with Gasteiger partial charge in [-0.2, -0.15) is 13.2 Å². The van der Waals surface area contributed by atoms with E-state index >= 15 is 0 Å². The van der Waals surface area contributed by atoms with Crippen LogP contribution in [0.2, 0.25) is 5.02 Å². The molecule has 170 valence electrons. The summed E-state index contributed by atoms with van der Waals surface area (Å²) in [5, 5.41) is 9.52. The second-order valence-corrected chi connectivity index (χ2v) is 8.33. The van der Waals surface area contributed by atoms with Gasteiger partial charge in [0.15, 0.2) is 0 Å². The van der Waals surface area contributed by atoms with Crippen molar-refractivity contribution < 1.29 is 27.9 Å². The summed E-state index contributed by atoms with van der Waals surface area (Å²) in [7, 11) is 0. The number of hydrogen-bond donors (Lipinski definition) is 1. The van der Waals surface area contributed by atoms with E-state index < -0.39 is 23.6 Å². The smallest absolute Gasteiger partial charge is 0.416 e. The van der Waals surface area contributed by atoms with Crippen LogP contribution in [0, 0.1) is 5.92 Å². The highest BCUT2D eigenvalue weighted by Gasteiger charge is 2.37. The number of carbonyl (C=O) groups is 2. The highest BCUT2D eigenvalue weighted by molar-refractivity contribution is 6.32. The van der Waals surface area contributed by atoms with Crippen LogP contribution in [-0.4, -0.2) is 17.0 Å². The molecule has 0 aromatic heterocycles. The molecule has 0 fully saturated rings. The summed E-state index contributed by atoms with van der Waals surface area (Å²) in [6.07, 6.45) is -3.90. The number of amides is 1. The first-order valence-corrected chi connectivity index (χ1v) is 10.6. The maximum atomic E-state index is 13.5. The van der Waals surface area contributed by atoms with Crippen LogP contribution in [0.4, 0.5) is 18.9 Å².